The summed E-state index contributed by atoms with van der Waals surface area (Å²) >= 11 is 0. The number of nitrogens with zero attached hydrogens (tertiary/aromatic N) is 1. The molecule has 19 heavy (non-hydrogen) atoms. The van der Waals surface area contributed by atoms with Crippen molar-refractivity contribution in [2.24, 2.45) is 0 Å². The number of aryl methyl sites for hydroxylation is 1. The number of ether oxygens (including phenoxy) is 1. The molecule has 0 aliphatic heterocycles. The summed E-state index contributed by atoms with van der Waals surface area (Å²) in [5, 5.41) is 0.964. The predicted octanol–water partition coefficient (Wildman–Crippen LogP) is 2.92. The predicted molar refractivity (Wildman–Crippen MR) is 69.9 cm³/mol. The lowest BCUT2D eigenvalue weighted by molar-refractivity contribution is 0.0595. The van der Waals surface area contributed by atoms with Gasteiger partial charge >= 0.3 is 5.97 Å². The van der Waals surface area contributed by atoms with E-state index in [0.29, 0.717) is 11.5 Å². The summed E-state index contributed by atoms with van der Waals surface area (Å²) in [5.74, 6) is 0.916. The van der Waals surface area contributed by atoms with Gasteiger partial charge in [-0.15, -0.1) is 0 Å². The molecule has 0 saturated heterocycles. The highest BCUT2D eigenvalue weighted by atomic mass is 16.5. The van der Waals surface area contributed by atoms with Crippen LogP contribution in [0.3, 0.4) is 0 Å². The van der Waals surface area contributed by atoms with Crippen molar-refractivity contribution in [1.82, 2.24) is 9.97 Å². The number of carbonyl (C=O) groups is 1. The Hall–Kier alpha value is -2.56. The van der Waals surface area contributed by atoms with Crippen LogP contribution in [0.1, 0.15) is 16.2 Å². The molecule has 2 heterocycles. The van der Waals surface area contributed by atoms with Gasteiger partial charge < -0.3 is 14.1 Å². The number of hydrogen-bond acceptors (Lipinski definition) is 4. The molecule has 0 aliphatic rings. The number of aromatic nitrogens is 2. The summed E-state index contributed by atoms with van der Waals surface area (Å²) in [7, 11) is 1.33. The third kappa shape index (κ3) is 1.79. The first-order valence-corrected chi connectivity index (χ1v) is 5.82. The monoisotopic (exact) mass is 256 g/mol. The smallest absolute Gasteiger partial charge is 0.356 e. The van der Waals surface area contributed by atoms with E-state index in [-0.39, 0.29) is 0 Å². The molecule has 0 bridgehead atoms. The average molecular weight is 256 g/mol. The van der Waals surface area contributed by atoms with E-state index < -0.39 is 5.97 Å². The third-order valence-corrected chi connectivity index (χ3v) is 2.99. The number of hydrogen-bond donors (Lipinski definition) is 1. The number of H-pyrrole nitrogens is 1. The van der Waals surface area contributed by atoms with Gasteiger partial charge in [-0.3, -0.25) is 0 Å². The van der Waals surface area contributed by atoms with Gasteiger partial charge in [-0.05, 0) is 13.0 Å². The minimum Gasteiger partial charge on any atom is -0.464 e. The maximum atomic E-state index is 11.4. The first kappa shape index (κ1) is 11.5. The fourth-order valence-electron chi connectivity index (χ4n) is 2.12. The van der Waals surface area contributed by atoms with Gasteiger partial charge in [0.05, 0.1) is 18.9 Å². The molecule has 1 N–H and O–H groups in total. The topological polar surface area (TPSA) is 68.1 Å². The van der Waals surface area contributed by atoms with Crippen molar-refractivity contribution in [2.75, 3.05) is 7.11 Å². The number of methoxy groups -OCH3 is 1. The van der Waals surface area contributed by atoms with Crippen LogP contribution < -0.4 is 0 Å². The Labute approximate surface area is 109 Å². The van der Waals surface area contributed by atoms with Gasteiger partial charge in [0.15, 0.2) is 0 Å². The second-order valence-electron chi connectivity index (χ2n) is 4.17. The molecule has 3 aromatic rings. The summed E-state index contributed by atoms with van der Waals surface area (Å²) < 4.78 is 10.3. The Kier molecular flexibility index (Phi) is 2.59. The Morgan fingerprint density at radius 2 is 2.16 bits per heavy atom. The number of furan rings is 1. The summed E-state index contributed by atoms with van der Waals surface area (Å²) in [5.41, 5.74) is 1.99. The van der Waals surface area contributed by atoms with Crippen LogP contribution in [0.4, 0.5) is 0 Å². The number of fused-ring (bicyclic) bond motifs is 1. The Morgan fingerprint density at radius 1 is 1.37 bits per heavy atom. The van der Waals surface area contributed by atoms with E-state index in [1.54, 1.807) is 0 Å². The fourth-order valence-corrected chi connectivity index (χ4v) is 2.12. The minimum atomic E-state index is -0.441. The fraction of sp³-hybridized carbons (Fsp3) is 0.143. The number of imidazole rings is 1. The van der Waals surface area contributed by atoms with Crippen molar-refractivity contribution in [3.63, 3.8) is 0 Å². The zero-order chi connectivity index (χ0) is 13.4. The van der Waals surface area contributed by atoms with Gasteiger partial charge in [-0.2, -0.15) is 0 Å². The van der Waals surface area contributed by atoms with Crippen molar-refractivity contribution in [1.29, 1.82) is 0 Å². The number of aromatic amines is 1. The maximum Gasteiger partial charge on any atom is 0.356 e. The number of para-hydroxylation sites is 1. The highest BCUT2D eigenvalue weighted by Gasteiger charge is 2.17. The molecule has 0 unspecified atom stereocenters. The van der Waals surface area contributed by atoms with E-state index in [4.69, 9.17) is 4.42 Å². The second kappa shape index (κ2) is 4.28. The molecule has 1 aromatic carbocycles. The molecule has 3 rings (SSSR count). The summed E-state index contributed by atoms with van der Waals surface area (Å²) in [6.45, 7) is 1.87. The van der Waals surface area contributed by atoms with Crippen LogP contribution in [0.15, 0.2) is 34.9 Å². The largest absolute Gasteiger partial charge is 0.464 e. The number of carbonyl (C=O) groups excluding carboxylic acids is 1. The van der Waals surface area contributed by atoms with Crippen LogP contribution in [0.25, 0.3) is 22.4 Å². The lowest BCUT2D eigenvalue weighted by atomic mass is 10.1. The van der Waals surface area contributed by atoms with Crippen LogP contribution in [-0.2, 0) is 4.74 Å². The van der Waals surface area contributed by atoms with Crippen LogP contribution >= 0.6 is 0 Å². The number of nitrogens with one attached hydrogen (secondary N) is 1. The molecular weight excluding hydrogens is 244 g/mol. The van der Waals surface area contributed by atoms with Crippen molar-refractivity contribution >= 4 is 16.9 Å². The zero-order valence-corrected chi connectivity index (χ0v) is 10.6. The van der Waals surface area contributed by atoms with Gasteiger partial charge in [0.1, 0.15) is 22.9 Å². The molecule has 0 aliphatic carbocycles. The molecular formula is C14H12N2O3. The Bertz CT molecular complexity index is 755. The molecule has 5 nitrogen and oxygen atoms in total. The van der Waals surface area contributed by atoms with Crippen molar-refractivity contribution < 1.29 is 13.9 Å². The number of rotatable bonds is 2. The quantitative estimate of drug-likeness (QED) is 0.716. The van der Waals surface area contributed by atoms with Crippen molar-refractivity contribution in [3.05, 3.63) is 41.9 Å². The van der Waals surface area contributed by atoms with E-state index in [0.717, 1.165) is 22.3 Å². The molecule has 0 atom stereocenters. The standard InChI is InChI=1S/C14H12N2O3/c1-8-12(9-5-3-4-6-11(9)19-8)13-15-7-10(16-13)14(17)18-2/h3-7H,1-2H3,(H,15,16). The highest BCUT2D eigenvalue weighted by Crippen LogP contribution is 2.32. The molecule has 2 aromatic heterocycles. The van der Waals surface area contributed by atoms with Crippen LogP contribution in [-0.4, -0.2) is 23.0 Å². The van der Waals surface area contributed by atoms with E-state index >= 15 is 0 Å². The van der Waals surface area contributed by atoms with Crippen LogP contribution in [0.5, 0.6) is 0 Å². The number of esters is 1. The van der Waals surface area contributed by atoms with E-state index in [9.17, 15) is 4.79 Å². The second-order valence-corrected chi connectivity index (χ2v) is 4.17. The SMILES string of the molecule is COC(=O)c1cnc(-c2c(C)oc3ccccc23)[nH]1. The van der Waals surface area contributed by atoms with Gasteiger partial charge in [0.25, 0.3) is 0 Å². The molecule has 0 spiro atoms. The maximum absolute atomic E-state index is 11.4. The lowest BCUT2D eigenvalue weighted by Crippen LogP contribution is -2.00. The van der Waals surface area contributed by atoms with Gasteiger partial charge in [0.2, 0.25) is 0 Å². The molecule has 5 heteroatoms. The van der Waals surface area contributed by atoms with Gasteiger partial charge in [0, 0.05) is 5.39 Å². The van der Waals surface area contributed by atoms with Gasteiger partial charge in [-0.25, -0.2) is 9.78 Å². The Morgan fingerprint density at radius 3 is 2.95 bits per heavy atom. The molecule has 0 fully saturated rings. The summed E-state index contributed by atoms with van der Waals surface area (Å²) in [4.78, 5) is 18.6. The molecule has 0 amide bonds. The Balaban J connectivity index is 2.16. The van der Waals surface area contributed by atoms with E-state index in [1.807, 2.05) is 31.2 Å². The normalized spacial score (nSPS) is 10.8. The van der Waals surface area contributed by atoms with E-state index in [1.165, 1.54) is 13.3 Å². The third-order valence-electron chi connectivity index (χ3n) is 2.99. The zero-order valence-electron chi connectivity index (χ0n) is 10.6. The first-order chi connectivity index (χ1) is 9.20. The number of benzene rings is 1. The summed E-state index contributed by atoms with van der Waals surface area (Å²) in [6, 6.07) is 7.71. The van der Waals surface area contributed by atoms with Crippen molar-refractivity contribution in [3.8, 4) is 11.4 Å². The highest BCUT2D eigenvalue weighted by molar-refractivity contribution is 5.95. The molecule has 0 radical (unpaired) electrons. The lowest BCUT2D eigenvalue weighted by Gasteiger charge is -1.96. The van der Waals surface area contributed by atoms with Crippen molar-refractivity contribution in [2.45, 2.75) is 6.92 Å². The molecule has 0 saturated carbocycles. The van der Waals surface area contributed by atoms with Crippen LogP contribution in [0.2, 0.25) is 0 Å². The van der Waals surface area contributed by atoms with Crippen LogP contribution in [0, 0.1) is 6.92 Å². The van der Waals surface area contributed by atoms with E-state index in [2.05, 4.69) is 14.7 Å². The summed E-state index contributed by atoms with van der Waals surface area (Å²) in [6.07, 6.45) is 1.46. The minimum absolute atomic E-state index is 0.321. The molecule has 96 valence electrons. The van der Waals surface area contributed by atoms with Gasteiger partial charge in [-0.1, -0.05) is 18.2 Å². The average Bonchev–Trinajstić information content (AvgIpc) is 3.00. The first-order valence-electron chi connectivity index (χ1n) is 5.82.